The SMILES string of the molecule is COCCN(CC(C)C1CNC1)C1CC1. The molecule has 0 spiro atoms. The van der Waals surface area contributed by atoms with Crippen LogP contribution in [0.15, 0.2) is 0 Å². The van der Waals surface area contributed by atoms with Gasteiger partial charge in [0.15, 0.2) is 0 Å². The molecular formula is C12H24N2O. The number of rotatable bonds is 7. The Balaban J connectivity index is 1.72. The van der Waals surface area contributed by atoms with Gasteiger partial charge in [-0.1, -0.05) is 6.92 Å². The molecule has 2 aliphatic rings. The minimum absolute atomic E-state index is 0.837. The van der Waals surface area contributed by atoms with Crippen molar-refractivity contribution in [3.8, 4) is 0 Å². The molecule has 1 aliphatic heterocycles. The van der Waals surface area contributed by atoms with E-state index in [0.717, 1.165) is 31.0 Å². The van der Waals surface area contributed by atoms with Crippen molar-refractivity contribution < 1.29 is 4.74 Å². The van der Waals surface area contributed by atoms with Crippen LogP contribution in [-0.4, -0.2) is 50.8 Å². The van der Waals surface area contributed by atoms with E-state index in [-0.39, 0.29) is 0 Å². The van der Waals surface area contributed by atoms with Crippen molar-refractivity contribution in [2.75, 3.05) is 39.9 Å². The Morgan fingerprint density at radius 3 is 2.60 bits per heavy atom. The first-order chi connectivity index (χ1) is 7.31. The molecule has 0 bridgehead atoms. The zero-order chi connectivity index (χ0) is 10.7. The maximum absolute atomic E-state index is 5.18. The number of nitrogens with zero attached hydrogens (tertiary/aromatic N) is 1. The Hall–Kier alpha value is -0.120. The van der Waals surface area contributed by atoms with E-state index in [1.165, 1.54) is 32.5 Å². The van der Waals surface area contributed by atoms with Crippen LogP contribution in [-0.2, 0) is 4.74 Å². The monoisotopic (exact) mass is 212 g/mol. The highest BCUT2D eigenvalue weighted by molar-refractivity contribution is 4.88. The molecule has 0 aromatic rings. The summed E-state index contributed by atoms with van der Waals surface area (Å²) in [4.78, 5) is 2.63. The second-order valence-electron chi connectivity index (χ2n) is 5.11. The number of methoxy groups -OCH3 is 1. The lowest BCUT2D eigenvalue weighted by atomic mass is 9.88. The van der Waals surface area contributed by atoms with Gasteiger partial charge >= 0.3 is 0 Å². The highest BCUT2D eigenvalue weighted by Gasteiger charge is 2.32. The van der Waals surface area contributed by atoms with Gasteiger partial charge in [-0.25, -0.2) is 0 Å². The van der Waals surface area contributed by atoms with Crippen LogP contribution in [0.25, 0.3) is 0 Å². The van der Waals surface area contributed by atoms with Crippen LogP contribution in [0.3, 0.4) is 0 Å². The molecule has 1 N–H and O–H groups in total. The summed E-state index contributed by atoms with van der Waals surface area (Å²) in [7, 11) is 1.80. The standard InChI is InChI=1S/C12H24N2O/c1-10(11-7-13-8-11)9-14(5-6-15-2)12-3-4-12/h10-13H,3-9H2,1-2H3. The first-order valence-corrected chi connectivity index (χ1v) is 6.25. The largest absolute Gasteiger partial charge is 0.383 e. The molecule has 88 valence electrons. The normalized spacial score (nSPS) is 24.2. The predicted octanol–water partition coefficient (Wildman–Crippen LogP) is 0.953. The van der Waals surface area contributed by atoms with Crippen LogP contribution in [0.1, 0.15) is 19.8 Å². The van der Waals surface area contributed by atoms with Gasteiger partial charge in [0.1, 0.15) is 0 Å². The second kappa shape index (κ2) is 5.28. The zero-order valence-corrected chi connectivity index (χ0v) is 10.0. The van der Waals surface area contributed by atoms with Gasteiger partial charge in [0.05, 0.1) is 6.61 Å². The first kappa shape index (κ1) is 11.4. The van der Waals surface area contributed by atoms with E-state index >= 15 is 0 Å². The van der Waals surface area contributed by atoms with E-state index in [1.807, 2.05) is 0 Å². The number of nitrogens with one attached hydrogen (secondary N) is 1. The fourth-order valence-corrected chi connectivity index (χ4v) is 2.30. The van der Waals surface area contributed by atoms with Crippen LogP contribution in [0.2, 0.25) is 0 Å². The van der Waals surface area contributed by atoms with Crippen LogP contribution < -0.4 is 5.32 Å². The van der Waals surface area contributed by atoms with Crippen molar-refractivity contribution in [1.29, 1.82) is 0 Å². The van der Waals surface area contributed by atoms with Crippen molar-refractivity contribution in [2.24, 2.45) is 11.8 Å². The lowest BCUT2D eigenvalue weighted by molar-refractivity contribution is 0.114. The topological polar surface area (TPSA) is 24.5 Å². The maximum atomic E-state index is 5.18. The molecule has 1 saturated carbocycles. The smallest absolute Gasteiger partial charge is 0.0589 e. The van der Waals surface area contributed by atoms with Crippen molar-refractivity contribution in [3.63, 3.8) is 0 Å². The van der Waals surface area contributed by atoms with E-state index in [2.05, 4.69) is 17.1 Å². The molecule has 0 aromatic heterocycles. The Kier molecular flexibility index (Phi) is 4.00. The predicted molar refractivity (Wildman–Crippen MR) is 62.0 cm³/mol. The van der Waals surface area contributed by atoms with E-state index < -0.39 is 0 Å². The molecule has 2 rings (SSSR count). The minimum atomic E-state index is 0.837. The number of hydrogen-bond acceptors (Lipinski definition) is 3. The van der Waals surface area contributed by atoms with Crippen LogP contribution in [0.4, 0.5) is 0 Å². The summed E-state index contributed by atoms with van der Waals surface area (Å²) in [6.07, 6.45) is 2.80. The molecule has 0 radical (unpaired) electrons. The van der Waals surface area contributed by atoms with E-state index in [1.54, 1.807) is 7.11 Å². The molecule has 3 heteroatoms. The second-order valence-corrected chi connectivity index (χ2v) is 5.11. The lowest BCUT2D eigenvalue weighted by Gasteiger charge is -2.36. The molecule has 2 fully saturated rings. The first-order valence-electron chi connectivity index (χ1n) is 6.25. The third-order valence-corrected chi connectivity index (χ3v) is 3.79. The Morgan fingerprint density at radius 1 is 1.40 bits per heavy atom. The fourth-order valence-electron chi connectivity index (χ4n) is 2.30. The zero-order valence-electron chi connectivity index (χ0n) is 10.0. The van der Waals surface area contributed by atoms with E-state index in [9.17, 15) is 0 Å². The molecule has 1 heterocycles. The molecule has 1 saturated heterocycles. The maximum Gasteiger partial charge on any atom is 0.0589 e. The van der Waals surface area contributed by atoms with Gasteiger partial charge in [-0.05, 0) is 37.8 Å². The van der Waals surface area contributed by atoms with Crippen LogP contribution in [0.5, 0.6) is 0 Å². The Morgan fingerprint density at radius 2 is 2.13 bits per heavy atom. The number of ether oxygens (including phenoxy) is 1. The molecule has 15 heavy (non-hydrogen) atoms. The van der Waals surface area contributed by atoms with Crippen molar-refractivity contribution in [1.82, 2.24) is 10.2 Å². The summed E-state index contributed by atoms with van der Waals surface area (Å²) in [5, 5.41) is 3.36. The van der Waals surface area contributed by atoms with Gasteiger partial charge in [-0.2, -0.15) is 0 Å². The summed E-state index contributed by atoms with van der Waals surface area (Å²) < 4.78 is 5.18. The minimum Gasteiger partial charge on any atom is -0.383 e. The van der Waals surface area contributed by atoms with Gasteiger partial charge in [0, 0.05) is 26.2 Å². The Bertz CT molecular complexity index is 190. The lowest BCUT2D eigenvalue weighted by Crippen LogP contribution is -2.48. The summed E-state index contributed by atoms with van der Waals surface area (Å²) in [6, 6.07) is 0.871. The van der Waals surface area contributed by atoms with Gasteiger partial charge in [-0.15, -0.1) is 0 Å². The third-order valence-electron chi connectivity index (χ3n) is 3.79. The van der Waals surface area contributed by atoms with Gasteiger partial charge in [-0.3, -0.25) is 4.90 Å². The van der Waals surface area contributed by atoms with E-state index in [0.29, 0.717) is 0 Å². The summed E-state index contributed by atoms with van der Waals surface area (Å²) in [6.45, 7) is 8.11. The molecule has 1 aliphatic carbocycles. The summed E-state index contributed by atoms with van der Waals surface area (Å²) in [5.41, 5.74) is 0. The van der Waals surface area contributed by atoms with Crippen molar-refractivity contribution >= 4 is 0 Å². The molecule has 0 aromatic carbocycles. The number of hydrogen-bond donors (Lipinski definition) is 1. The van der Waals surface area contributed by atoms with Gasteiger partial charge in [0.2, 0.25) is 0 Å². The highest BCUT2D eigenvalue weighted by Crippen LogP contribution is 2.28. The molecule has 0 amide bonds. The van der Waals surface area contributed by atoms with Crippen LogP contribution in [0, 0.1) is 11.8 Å². The molecular weight excluding hydrogens is 188 g/mol. The van der Waals surface area contributed by atoms with Crippen molar-refractivity contribution in [3.05, 3.63) is 0 Å². The fraction of sp³-hybridized carbons (Fsp3) is 1.00. The summed E-state index contributed by atoms with van der Waals surface area (Å²) >= 11 is 0. The van der Waals surface area contributed by atoms with Gasteiger partial charge < -0.3 is 10.1 Å². The molecule has 3 nitrogen and oxygen atoms in total. The molecule has 1 unspecified atom stereocenters. The Labute approximate surface area is 93.2 Å². The summed E-state index contributed by atoms with van der Waals surface area (Å²) in [5.74, 6) is 1.75. The van der Waals surface area contributed by atoms with Crippen LogP contribution >= 0.6 is 0 Å². The highest BCUT2D eigenvalue weighted by atomic mass is 16.5. The third kappa shape index (κ3) is 3.16. The molecule has 1 atom stereocenters. The average Bonchev–Trinajstić information content (AvgIpc) is 2.92. The van der Waals surface area contributed by atoms with E-state index in [4.69, 9.17) is 4.74 Å². The average molecular weight is 212 g/mol. The van der Waals surface area contributed by atoms with Crippen molar-refractivity contribution in [2.45, 2.75) is 25.8 Å². The quantitative estimate of drug-likeness (QED) is 0.680. The van der Waals surface area contributed by atoms with Gasteiger partial charge in [0.25, 0.3) is 0 Å².